The largest absolute Gasteiger partial charge is 0.512 e. The maximum absolute atomic E-state index is 14.2. The zero-order valence-corrected chi connectivity index (χ0v) is 31.8. The molecule has 6 heteroatoms. The summed E-state index contributed by atoms with van der Waals surface area (Å²) in [6, 6.07) is 23.6. The van der Waals surface area contributed by atoms with E-state index in [0.29, 0.717) is 0 Å². The molecule has 0 unspecified atom stereocenters. The molecular weight excluding hydrogens is 770 g/mol. The minimum absolute atomic E-state index is 0. The topological polar surface area (TPSA) is 50.2 Å². The molecule has 1 N–H and O–H groups in total. The number of aliphatic hydroxyl groups is 1. The van der Waals surface area contributed by atoms with Gasteiger partial charge in [0.1, 0.15) is 5.76 Å². The fraction of sp³-hybridized carbons (Fsp3) is 0.400. The monoisotopic (exact) mass is 817 g/mol. The number of nitrogens with zero attached hydrogens (tertiary/aromatic N) is 1. The van der Waals surface area contributed by atoms with E-state index in [9.17, 15) is 14.3 Å². The number of para-hydroxylation sites is 1. The minimum atomic E-state index is -0.337. The Hall–Kier alpha value is -2.92. The molecule has 46 heavy (non-hydrogen) atoms. The number of rotatable bonds is 8. The van der Waals surface area contributed by atoms with Crippen molar-refractivity contribution in [1.29, 1.82) is 0 Å². The molecule has 0 aliphatic heterocycles. The molecule has 3 aromatic carbocycles. The fourth-order valence-corrected chi connectivity index (χ4v) is 6.47. The molecule has 0 amide bonds. The first kappa shape index (κ1) is 37.5. The number of ketones is 1. The predicted molar refractivity (Wildman–Crippen MR) is 191 cm³/mol. The van der Waals surface area contributed by atoms with Gasteiger partial charge in [-0.05, 0) is 48.6 Å². The Labute approximate surface area is 291 Å². The Bertz CT molecular complexity index is 1860. The van der Waals surface area contributed by atoms with Crippen molar-refractivity contribution in [2.24, 2.45) is 10.8 Å². The number of aliphatic hydroxyl groups excluding tert-OH is 1. The third-order valence-corrected chi connectivity index (χ3v) is 10.7. The maximum atomic E-state index is 14.2. The van der Waals surface area contributed by atoms with E-state index in [1.54, 1.807) is 6.07 Å². The van der Waals surface area contributed by atoms with E-state index < -0.39 is 0 Å². The molecule has 3 nitrogen and oxygen atoms in total. The molecule has 5 aromatic rings. The second kappa shape index (κ2) is 14.9. The second-order valence-corrected chi connectivity index (χ2v) is 14.6. The predicted octanol–water partition coefficient (Wildman–Crippen LogP) is 12.2. The van der Waals surface area contributed by atoms with Gasteiger partial charge in [-0.15, -0.1) is 40.5 Å². The first-order valence-electron chi connectivity index (χ1n) is 16.1. The summed E-state index contributed by atoms with van der Waals surface area (Å²) in [6.45, 7) is 18.7. The average Bonchev–Trinajstić information content (AvgIpc) is 3.44. The third kappa shape index (κ3) is 7.62. The Balaban J connectivity index is 0.000000280. The van der Waals surface area contributed by atoms with E-state index in [1.165, 1.54) is 28.4 Å². The van der Waals surface area contributed by atoms with E-state index in [2.05, 4.69) is 51.1 Å². The SMILES string of the molecule is CC(C)(C)c1cc(-c2nc3ccccc3c3sc(F)cc23)[c-]c2ccccc12.CCC(C)(CC)C(=O)/C=C(\O)C(C)(CC)CC.[Ir]. The van der Waals surface area contributed by atoms with Crippen molar-refractivity contribution >= 4 is 48.9 Å². The summed E-state index contributed by atoms with van der Waals surface area (Å²) in [4.78, 5) is 17.1. The summed E-state index contributed by atoms with van der Waals surface area (Å²) in [5, 5.41) is 14.1. The van der Waals surface area contributed by atoms with Crippen molar-refractivity contribution in [1.82, 2.24) is 4.98 Å². The molecule has 2 aromatic heterocycles. The summed E-state index contributed by atoms with van der Waals surface area (Å²) in [6.07, 6.45) is 4.75. The van der Waals surface area contributed by atoms with Crippen LogP contribution in [0.3, 0.4) is 0 Å². The molecule has 0 fully saturated rings. The van der Waals surface area contributed by atoms with Gasteiger partial charge in [0.05, 0.1) is 5.52 Å². The van der Waals surface area contributed by atoms with Crippen molar-refractivity contribution in [2.75, 3.05) is 0 Å². The average molecular weight is 817 g/mol. The number of allylic oxidation sites excluding steroid dienone is 2. The van der Waals surface area contributed by atoms with Crippen molar-refractivity contribution in [2.45, 2.75) is 93.4 Å². The van der Waals surface area contributed by atoms with Crippen LogP contribution in [0.4, 0.5) is 4.39 Å². The van der Waals surface area contributed by atoms with Crippen molar-refractivity contribution in [3.8, 4) is 11.3 Å². The van der Waals surface area contributed by atoms with E-state index in [0.717, 1.165) is 63.3 Å². The molecule has 2 heterocycles. The number of carbonyl (C=O) groups is 1. The van der Waals surface area contributed by atoms with E-state index >= 15 is 0 Å². The van der Waals surface area contributed by atoms with Crippen molar-refractivity contribution in [3.05, 3.63) is 89.3 Å². The second-order valence-electron chi connectivity index (χ2n) is 13.6. The van der Waals surface area contributed by atoms with Crippen LogP contribution in [0.25, 0.3) is 43.0 Å². The molecular formula is C40H47FIrNO2S-. The Morgan fingerprint density at radius 1 is 0.848 bits per heavy atom. The van der Waals surface area contributed by atoms with Gasteiger partial charge >= 0.3 is 0 Å². The molecule has 5 rings (SSSR count). The van der Waals surface area contributed by atoms with E-state index in [1.807, 2.05) is 71.9 Å². The van der Waals surface area contributed by atoms with Crippen LogP contribution in [0.15, 0.2) is 72.5 Å². The van der Waals surface area contributed by atoms with E-state index in [-0.39, 0.29) is 53.0 Å². The first-order chi connectivity index (χ1) is 21.2. The van der Waals surface area contributed by atoms with Gasteiger partial charge in [0.25, 0.3) is 0 Å². The van der Waals surface area contributed by atoms with Gasteiger partial charge in [0, 0.05) is 52.8 Å². The minimum Gasteiger partial charge on any atom is -0.512 e. The van der Waals surface area contributed by atoms with Gasteiger partial charge in [-0.25, -0.2) is 0 Å². The molecule has 0 aliphatic carbocycles. The van der Waals surface area contributed by atoms with Crippen molar-refractivity contribution in [3.63, 3.8) is 0 Å². The van der Waals surface area contributed by atoms with E-state index in [4.69, 9.17) is 4.98 Å². The normalized spacial score (nSPS) is 12.6. The number of benzene rings is 3. The zero-order chi connectivity index (χ0) is 33.2. The molecule has 247 valence electrons. The number of hydrogen-bond donors (Lipinski definition) is 1. The quantitative estimate of drug-likeness (QED) is 0.0964. The number of fused-ring (bicyclic) bond motifs is 4. The number of aromatic nitrogens is 1. The van der Waals surface area contributed by atoms with Crippen LogP contribution in [0.2, 0.25) is 0 Å². The molecule has 1 radical (unpaired) electrons. The number of carbonyl (C=O) groups excluding carboxylic acids is 1. The molecule has 0 saturated heterocycles. The number of pyridine rings is 1. The summed E-state index contributed by atoms with van der Waals surface area (Å²) >= 11 is 1.18. The smallest absolute Gasteiger partial charge is 0.177 e. The van der Waals surface area contributed by atoms with Crippen LogP contribution < -0.4 is 0 Å². The molecule has 0 bridgehead atoms. The summed E-state index contributed by atoms with van der Waals surface area (Å²) in [7, 11) is 0. The van der Waals surface area contributed by atoms with Gasteiger partial charge in [-0.3, -0.25) is 9.78 Å². The van der Waals surface area contributed by atoms with Crippen LogP contribution in [-0.4, -0.2) is 15.9 Å². The Morgan fingerprint density at radius 2 is 1.41 bits per heavy atom. The van der Waals surface area contributed by atoms with Crippen LogP contribution in [0.5, 0.6) is 0 Å². The summed E-state index contributed by atoms with van der Waals surface area (Å²) in [5.41, 5.74) is 3.21. The Kier molecular flexibility index (Phi) is 12.1. The van der Waals surface area contributed by atoms with Gasteiger partial charge < -0.3 is 5.11 Å². The van der Waals surface area contributed by atoms with Crippen LogP contribution in [0.1, 0.15) is 93.6 Å². The molecule has 0 atom stereocenters. The Morgan fingerprint density at radius 3 is 2.00 bits per heavy atom. The maximum Gasteiger partial charge on any atom is 0.177 e. The van der Waals surface area contributed by atoms with Crippen LogP contribution >= 0.6 is 11.3 Å². The van der Waals surface area contributed by atoms with Gasteiger partial charge in [-0.2, -0.15) is 4.39 Å². The van der Waals surface area contributed by atoms with Crippen LogP contribution in [-0.2, 0) is 30.3 Å². The molecule has 0 spiro atoms. The van der Waals surface area contributed by atoms with Gasteiger partial charge in [-0.1, -0.05) is 110 Å². The van der Waals surface area contributed by atoms with Gasteiger partial charge in [0.15, 0.2) is 10.9 Å². The fourth-order valence-electron chi connectivity index (χ4n) is 5.55. The standard InChI is InChI=1S/C25H19FNS.C15H28O2.Ir/c1-25(2,3)20-13-16(12-15-8-4-5-9-17(15)20)23-19-14-22(26)28-24(19)18-10-6-7-11-21(18)27-23;1-7-14(5,8-2)12(16)11-13(17)15(6,9-3)10-4;/h4-11,13-14H,1-3H3;11,16H,7-10H2,1-6H3;/q-1;;/b;12-11-;. The summed E-state index contributed by atoms with van der Waals surface area (Å²) < 4.78 is 15.2. The van der Waals surface area contributed by atoms with Gasteiger partial charge in [0.2, 0.25) is 0 Å². The van der Waals surface area contributed by atoms with Crippen molar-refractivity contribution < 1.29 is 34.4 Å². The number of halogens is 1. The summed E-state index contributed by atoms with van der Waals surface area (Å²) in [5.74, 6) is 0.286. The van der Waals surface area contributed by atoms with Crippen LogP contribution in [0, 0.1) is 22.0 Å². The third-order valence-electron chi connectivity index (χ3n) is 9.78. The first-order valence-corrected chi connectivity index (χ1v) is 16.9. The number of thiophene rings is 1. The zero-order valence-electron chi connectivity index (χ0n) is 28.6. The number of hydrogen-bond acceptors (Lipinski definition) is 4. The molecule has 0 aliphatic rings. The molecule has 0 saturated carbocycles.